The van der Waals surface area contributed by atoms with E-state index >= 15 is 0 Å². The first kappa shape index (κ1) is 24.7. The summed E-state index contributed by atoms with van der Waals surface area (Å²) in [4.78, 5) is 37.9. The Kier molecular flexibility index (Phi) is 9.10. The molecule has 1 heterocycles. The van der Waals surface area contributed by atoms with Crippen LogP contribution in [0.5, 0.6) is 0 Å². The molecule has 2 aromatic rings. The largest absolute Gasteiger partial charge is 0.490 e. The van der Waals surface area contributed by atoms with Crippen LogP contribution < -0.4 is 15.6 Å². The summed E-state index contributed by atoms with van der Waals surface area (Å²) >= 11 is 0. The molecule has 164 valence electrons. The van der Waals surface area contributed by atoms with Gasteiger partial charge in [-0.2, -0.15) is 13.2 Å². The minimum atomic E-state index is -5.08. The molecule has 0 unspecified atom stereocenters. The molecule has 0 spiro atoms. The number of benzene rings is 1. The number of aromatic amines is 1. The van der Waals surface area contributed by atoms with Gasteiger partial charge in [0.05, 0.1) is 0 Å². The Hall–Kier alpha value is -3.30. The number of aromatic nitrogens is 1. The highest BCUT2D eigenvalue weighted by Crippen LogP contribution is 2.15. The average Bonchev–Trinajstić information content (AvgIpc) is 2.64. The van der Waals surface area contributed by atoms with Crippen LogP contribution in [-0.4, -0.2) is 47.8 Å². The molecule has 1 amide bonds. The lowest BCUT2D eigenvalue weighted by atomic mass is 10.2. The second-order valence-electron chi connectivity index (χ2n) is 6.37. The molecule has 0 fully saturated rings. The molecule has 0 radical (unpaired) electrons. The minimum absolute atomic E-state index is 0.147. The van der Waals surface area contributed by atoms with Crippen molar-refractivity contribution in [2.75, 3.05) is 24.5 Å². The second kappa shape index (κ2) is 11.0. The molecule has 3 N–H and O–H groups in total. The molecule has 7 nitrogen and oxygen atoms in total. The number of hydrogen-bond donors (Lipinski definition) is 3. The fourth-order valence-corrected chi connectivity index (χ4v) is 2.44. The molecular formula is C20H24F3N3O4. The summed E-state index contributed by atoms with van der Waals surface area (Å²) in [6.07, 6.45) is -3.62. The minimum Gasteiger partial charge on any atom is -0.475 e. The molecule has 2 rings (SSSR count). The zero-order valence-corrected chi connectivity index (χ0v) is 16.8. The number of nitrogens with one attached hydrogen (secondary N) is 2. The number of aliphatic carboxylic acids is 1. The van der Waals surface area contributed by atoms with Crippen LogP contribution in [0.2, 0.25) is 0 Å². The molecule has 1 aromatic carbocycles. The number of rotatable bonds is 6. The van der Waals surface area contributed by atoms with Gasteiger partial charge in [0.15, 0.2) is 5.43 Å². The Labute approximate surface area is 171 Å². The number of hydrogen-bond acceptors (Lipinski definition) is 4. The summed E-state index contributed by atoms with van der Waals surface area (Å²) in [5, 5.41) is 9.93. The lowest BCUT2D eigenvalue weighted by molar-refractivity contribution is -0.192. The molecular weight excluding hydrogens is 403 g/mol. The van der Waals surface area contributed by atoms with Gasteiger partial charge >= 0.3 is 12.1 Å². The maximum atomic E-state index is 12.1. The standard InChI is InChI=1S/C18H23N3O2.C2HF3O2/c1-4-21(15-7-5-6-13(2)10-15)9-8-19-18(23)16-12-20-14(3)11-17(16)22;3-2(4,5)1(6)7/h5-7,10-12H,4,8-9H2,1-3H3,(H,19,23)(H,20,22);(H,6,7). The Morgan fingerprint density at radius 1 is 1.20 bits per heavy atom. The van der Waals surface area contributed by atoms with E-state index in [0.717, 1.165) is 17.9 Å². The Bertz CT molecular complexity index is 926. The molecule has 0 aliphatic rings. The van der Waals surface area contributed by atoms with Gasteiger partial charge in [-0.3, -0.25) is 9.59 Å². The number of alkyl halides is 3. The molecule has 0 saturated heterocycles. The summed E-state index contributed by atoms with van der Waals surface area (Å²) in [7, 11) is 0. The number of amides is 1. The van der Waals surface area contributed by atoms with Crippen molar-refractivity contribution in [3.8, 4) is 0 Å². The Morgan fingerprint density at radius 3 is 2.33 bits per heavy atom. The van der Waals surface area contributed by atoms with Gasteiger partial charge in [-0.1, -0.05) is 12.1 Å². The van der Waals surface area contributed by atoms with Gasteiger partial charge in [0.2, 0.25) is 0 Å². The van der Waals surface area contributed by atoms with E-state index < -0.39 is 12.1 Å². The van der Waals surface area contributed by atoms with E-state index in [1.807, 2.05) is 6.07 Å². The lowest BCUT2D eigenvalue weighted by Crippen LogP contribution is -2.36. The molecule has 1 aromatic heterocycles. The van der Waals surface area contributed by atoms with Gasteiger partial charge in [-0.15, -0.1) is 0 Å². The summed E-state index contributed by atoms with van der Waals surface area (Å²) in [6, 6.07) is 9.69. The maximum Gasteiger partial charge on any atom is 0.490 e. The number of likely N-dealkylation sites (N-methyl/N-ethyl adjacent to an activating group) is 1. The molecule has 0 aliphatic heterocycles. The van der Waals surface area contributed by atoms with Gasteiger partial charge in [0.25, 0.3) is 5.91 Å². The van der Waals surface area contributed by atoms with E-state index in [0.29, 0.717) is 13.1 Å². The fraction of sp³-hybridized carbons (Fsp3) is 0.350. The van der Waals surface area contributed by atoms with Crippen LogP contribution >= 0.6 is 0 Å². The third-order valence-electron chi connectivity index (χ3n) is 3.96. The highest BCUT2D eigenvalue weighted by molar-refractivity contribution is 5.93. The smallest absolute Gasteiger partial charge is 0.475 e. The van der Waals surface area contributed by atoms with E-state index in [9.17, 15) is 22.8 Å². The fourth-order valence-electron chi connectivity index (χ4n) is 2.44. The Balaban J connectivity index is 0.000000553. The van der Waals surface area contributed by atoms with Crippen LogP contribution in [0.25, 0.3) is 0 Å². The molecule has 30 heavy (non-hydrogen) atoms. The van der Waals surface area contributed by atoms with Crippen LogP contribution in [0.15, 0.2) is 41.3 Å². The van der Waals surface area contributed by atoms with E-state index in [4.69, 9.17) is 9.90 Å². The normalized spacial score (nSPS) is 10.6. The zero-order chi connectivity index (χ0) is 22.9. The van der Waals surface area contributed by atoms with Crippen molar-refractivity contribution in [3.05, 3.63) is 63.6 Å². The number of aryl methyl sites for hydroxylation is 2. The van der Waals surface area contributed by atoms with Crippen LogP contribution in [-0.2, 0) is 4.79 Å². The third kappa shape index (κ3) is 7.98. The first-order valence-corrected chi connectivity index (χ1v) is 9.05. The third-order valence-corrected chi connectivity index (χ3v) is 3.96. The number of carboxylic acids is 1. The second-order valence-corrected chi connectivity index (χ2v) is 6.37. The van der Waals surface area contributed by atoms with E-state index in [1.165, 1.54) is 17.8 Å². The predicted molar refractivity (Wildman–Crippen MR) is 107 cm³/mol. The van der Waals surface area contributed by atoms with Crippen molar-refractivity contribution >= 4 is 17.6 Å². The monoisotopic (exact) mass is 427 g/mol. The average molecular weight is 427 g/mol. The number of carboxylic acid groups (broad SMARTS) is 1. The summed E-state index contributed by atoms with van der Waals surface area (Å²) < 4.78 is 31.7. The highest BCUT2D eigenvalue weighted by atomic mass is 19.4. The van der Waals surface area contributed by atoms with Crippen LogP contribution in [0.1, 0.15) is 28.5 Å². The molecule has 0 aliphatic carbocycles. The topological polar surface area (TPSA) is 103 Å². The maximum absolute atomic E-state index is 12.1. The van der Waals surface area contributed by atoms with Gasteiger partial charge < -0.3 is 20.3 Å². The summed E-state index contributed by atoms with van der Waals surface area (Å²) in [5.41, 5.74) is 2.97. The number of halogens is 3. The predicted octanol–water partition coefficient (Wildman–Crippen LogP) is 2.88. The number of carbonyl (C=O) groups excluding carboxylic acids is 1. The van der Waals surface area contributed by atoms with Crippen LogP contribution in [0, 0.1) is 13.8 Å². The van der Waals surface area contributed by atoms with Crippen molar-refractivity contribution < 1.29 is 27.9 Å². The number of pyridine rings is 1. The van der Waals surface area contributed by atoms with Crippen LogP contribution in [0.4, 0.5) is 18.9 Å². The molecule has 0 atom stereocenters. The van der Waals surface area contributed by atoms with Crippen molar-refractivity contribution in [1.82, 2.24) is 10.3 Å². The quantitative estimate of drug-likeness (QED) is 0.658. The summed E-state index contributed by atoms with van der Waals surface area (Å²) in [5.74, 6) is -3.10. The number of carbonyl (C=O) groups is 2. The Morgan fingerprint density at radius 2 is 1.83 bits per heavy atom. The van der Waals surface area contributed by atoms with Gasteiger partial charge in [0.1, 0.15) is 5.56 Å². The van der Waals surface area contributed by atoms with Crippen molar-refractivity contribution in [2.24, 2.45) is 0 Å². The van der Waals surface area contributed by atoms with Crippen molar-refractivity contribution in [3.63, 3.8) is 0 Å². The van der Waals surface area contributed by atoms with E-state index in [-0.39, 0.29) is 16.9 Å². The number of nitrogens with zero attached hydrogens (tertiary/aromatic N) is 1. The van der Waals surface area contributed by atoms with Crippen molar-refractivity contribution in [2.45, 2.75) is 26.9 Å². The van der Waals surface area contributed by atoms with Gasteiger partial charge in [-0.25, -0.2) is 4.79 Å². The van der Waals surface area contributed by atoms with Crippen LogP contribution in [0.3, 0.4) is 0 Å². The number of anilines is 1. The first-order chi connectivity index (χ1) is 14.0. The van der Waals surface area contributed by atoms with Gasteiger partial charge in [0, 0.05) is 43.3 Å². The van der Waals surface area contributed by atoms with E-state index in [2.05, 4.69) is 47.2 Å². The lowest BCUT2D eigenvalue weighted by Gasteiger charge is -2.23. The zero-order valence-electron chi connectivity index (χ0n) is 16.8. The van der Waals surface area contributed by atoms with Gasteiger partial charge in [-0.05, 0) is 38.5 Å². The highest BCUT2D eigenvalue weighted by Gasteiger charge is 2.38. The van der Waals surface area contributed by atoms with E-state index in [1.54, 1.807) is 6.92 Å². The first-order valence-electron chi connectivity index (χ1n) is 9.05. The molecule has 0 bridgehead atoms. The molecule has 10 heteroatoms. The number of H-pyrrole nitrogens is 1. The molecule has 0 saturated carbocycles. The summed E-state index contributed by atoms with van der Waals surface area (Å²) in [6.45, 7) is 7.94. The SMILES string of the molecule is CCN(CCNC(=O)c1c[nH]c(C)cc1=O)c1cccc(C)c1.O=C(O)C(F)(F)F. The van der Waals surface area contributed by atoms with Crippen molar-refractivity contribution in [1.29, 1.82) is 0 Å².